The van der Waals surface area contributed by atoms with Crippen molar-refractivity contribution in [3.63, 3.8) is 0 Å². The molecule has 6 heteroatoms. The molecule has 22 heavy (non-hydrogen) atoms. The van der Waals surface area contributed by atoms with Crippen LogP contribution in [0.1, 0.15) is 16.2 Å². The second kappa shape index (κ2) is 5.69. The second-order valence-corrected chi connectivity index (χ2v) is 4.85. The number of hydrogen-bond donors (Lipinski definition) is 2. The first-order valence-corrected chi connectivity index (χ1v) is 6.71. The predicted octanol–water partition coefficient (Wildman–Crippen LogP) is 2.53. The number of carbonyl (C=O) groups is 1. The standard InChI is InChI=1S/C16H14N4O2/c1-11-5-7-13(8-6-11)20-10-17-15(19-20)16(22)18-12-3-2-4-14(21)9-12/h2-10,21H,1H3,(H,18,22). The van der Waals surface area contributed by atoms with E-state index < -0.39 is 5.91 Å². The monoisotopic (exact) mass is 294 g/mol. The minimum Gasteiger partial charge on any atom is -0.508 e. The fourth-order valence-electron chi connectivity index (χ4n) is 1.96. The van der Waals surface area contributed by atoms with Crippen LogP contribution in [0, 0.1) is 6.92 Å². The van der Waals surface area contributed by atoms with Crippen LogP contribution in [0.15, 0.2) is 54.9 Å². The molecule has 0 aliphatic rings. The summed E-state index contributed by atoms with van der Waals surface area (Å²) in [5.41, 5.74) is 2.46. The van der Waals surface area contributed by atoms with Crippen LogP contribution in [0.5, 0.6) is 5.75 Å². The van der Waals surface area contributed by atoms with E-state index in [1.54, 1.807) is 12.1 Å². The largest absolute Gasteiger partial charge is 0.508 e. The van der Waals surface area contributed by atoms with Crippen LogP contribution in [-0.4, -0.2) is 25.8 Å². The molecule has 0 fully saturated rings. The van der Waals surface area contributed by atoms with Gasteiger partial charge in [-0.25, -0.2) is 9.67 Å². The third-order valence-corrected chi connectivity index (χ3v) is 3.10. The van der Waals surface area contributed by atoms with E-state index in [2.05, 4.69) is 15.4 Å². The number of rotatable bonds is 3. The lowest BCUT2D eigenvalue weighted by molar-refractivity contribution is 0.101. The third kappa shape index (κ3) is 2.95. The Kier molecular flexibility index (Phi) is 3.57. The second-order valence-electron chi connectivity index (χ2n) is 4.85. The van der Waals surface area contributed by atoms with E-state index >= 15 is 0 Å². The van der Waals surface area contributed by atoms with Crippen LogP contribution in [0.2, 0.25) is 0 Å². The summed E-state index contributed by atoms with van der Waals surface area (Å²) in [5, 5.41) is 16.2. The van der Waals surface area contributed by atoms with Gasteiger partial charge >= 0.3 is 0 Å². The van der Waals surface area contributed by atoms with E-state index in [1.165, 1.54) is 23.1 Å². The molecule has 2 N–H and O–H groups in total. The van der Waals surface area contributed by atoms with Crippen LogP contribution < -0.4 is 5.32 Å². The minimum absolute atomic E-state index is 0.0592. The Morgan fingerprint density at radius 2 is 1.95 bits per heavy atom. The predicted molar refractivity (Wildman–Crippen MR) is 82.2 cm³/mol. The topological polar surface area (TPSA) is 80.0 Å². The zero-order valence-corrected chi connectivity index (χ0v) is 11.9. The Bertz CT molecular complexity index is 809. The third-order valence-electron chi connectivity index (χ3n) is 3.10. The molecule has 0 bridgehead atoms. The lowest BCUT2D eigenvalue weighted by Gasteiger charge is -2.03. The van der Waals surface area contributed by atoms with Gasteiger partial charge in [0.15, 0.2) is 0 Å². The number of carbonyl (C=O) groups excluding carboxylic acids is 1. The van der Waals surface area contributed by atoms with Crippen LogP contribution in [0.3, 0.4) is 0 Å². The molecule has 0 aliphatic carbocycles. The highest BCUT2D eigenvalue weighted by atomic mass is 16.3. The molecule has 6 nitrogen and oxygen atoms in total. The van der Waals surface area contributed by atoms with Crippen molar-refractivity contribution in [2.75, 3.05) is 5.32 Å². The van der Waals surface area contributed by atoms with Crippen molar-refractivity contribution >= 4 is 11.6 Å². The first-order chi connectivity index (χ1) is 10.6. The van der Waals surface area contributed by atoms with E-state index in [0.717, 1.165) is 11.3 Å². The van der Waals surface area contributed by atoms with Crippen LogP contribution in [-0.2, 0) is 0 Å². The molecule has 3 rings (SSSR count). The number of aryl methyl sites for hydroxylation is 1. The summed E-state index contributed by atoms with van der Waals surface area (Å²) in [7, 11) is 0. The number of aromatic nitrogens is 3. The maximum atomic E-state index is 12.1. The number of amides is 1. The highest BCUT2D eigenvalue weighted by molar-refractivity contribution is 6.01. The molecule has 0 unspecified atom stereocenters. The Labute approximate surface area is 127 Å². The highest BCUT2D eigenvalue weighted by Gasteiger charge is 2.12. The smallest absolute Gasteiger partial charge is 0.295 e. The van der Waals surface area contributed by atoms with E-state index in [-0.39, 0.29) is 11.6 Å². The number of hydrogen-bond acceptors (Lipinski definition) is 4. The molecular weight excluding hydrogens is 280 g/mol. The van der Waals surface area contributed by atoms with Crippen LogP contribution in [0.4, 0.5) is 5.69 Å². The Morgan fingerprint density at radius 3 is 2.68 bits per heavy atom. The SMILES string of the molecule is Cc1ccc(-n2cnc(C(=O)Nc3cccc(O)c3)n2)cc1. The van der Waals surface area contributed by atoms with E-state index in [1.807, 2.05) is 31.2 Å². The van der Waals surface area contributed by atoms with Crippen LogP contribution >= 0.6 is 0 Å². The summed E-state index contributed by atoms with van der Waals surface area (Å²) >= 11 is 0. The Hall–Kier alpha value is -3.15. The molecule has 0 saturated heterocycles. The number of nitrogens with one attached hydrogen (secondary N) is 1. The Balaban J connectivity index is 1.78. The molecule has 2 aromatic carbocycles. The molecule has 0 saturated carbocycles. The van der Waals surface area contributed by atoms with Gasteiger partial charge < -0.3 is 10.4 Å². The van der Waals surface area contributed by atoms with Crippen molar-refractivity contribution in [2.45, 2.75) is 6.92 Å². The zero-order valence-electron chi connectivity index (χ0n) is 11.9. The zero-order chi connectivity index (χ0) is 15.5. The maximum Gasteiger partial charge on any atom is 0.295 e. The van der Waals surface area contributed by atoms with E-state index in [9.17, 15) is 9.90 Å². The Morgan fingerprint density at radius 1 is 1.18 bits per heavy atom. The molecule has 0 aliphatic heterocycles. The first kappa shape index (κ1) is 13.8. The van der Waals surface area contributed by atoms with Gasteiger partial charge in [0.05, 0.1) is 5.69 Å². The number of anilines is 1. The molecule has 3 aromatic rings. The molecule has 0 atom stereocenters. The lowest BCUT2D eigenvalue weighted by atomic mass is 10.2. The fourth-order valence-corrected chi connectivity index (χ4v) is 1.96. The first-order valence-electron chi connectivity index (χ1n) is 6.71. The maximum absolute atomic E-state index is 12.1. The molecule has 0 radical (unpaired) electrons. The summed E-state index contributed by atoms with van der Waals surface area (Å²) in [6, 6.07) is 14.0. The molecular formula is C16H14N4O2. The van der Waals surface area contributed by atoms with Crippen molar-refractivity contribution in [3.05, 3.63) is 66.2 Å². The minimum atomic E-state index is -0.434. The molecule has 0 spiro atoms. The van der Waals surface area contributed by atoms with Crippen molar-refractivity contribution < 1.29 is 9.90 Å². The van der Waals surface area contributed by atoms with Gasteiger partial charge in [0.2, 0.25) is 5.82 Å². The van der Waals surface area contributed by atoms with Gasteiger partial charge in [-0.2, -0.15) is 0 Å². The van der Waals surface area contributed by atoms with E-state index in [4.69, 9.17) is 0 Å². The summed E-state index contributed by atoms with van der Waals surface area (Å²) in [5.74, 6) is -0.295. The number of phenolic OH excluding ortho intramolecular Hbond substituents is 1. The average molecular weight is 294 g/mol. The summed E-state index contributed by atoms with van der Waals surface area (Å²) in [4.78, 5) is 16.1. The van der Waals surface area contributed by atoms with Gasteiger partial charge in [-0.15, -0.1) is 5.10 Å². The number of benzene rings is 2. The van der Waals surface area contributed by atoms with Crippen LogP contribution in [0.25, 0.3) is 5.69 Å². The number of aromatic hydroxyl groups is 1. The average Bonchev–Trinajstić information content (AvgIpc) is 2.98. The van der Waals surface area contributed by atoms with Crippen molar-refractivity contribution in [3.8, 4) is 11.4 Å². The van der Waals surface area contributed by atoms with Gasteiger partial charge in [0.1, 0.15) is 12.1 Å². The summed E-state index contributed by atoms with van der Waals surface area (Å²) in [6.45, 7) is 2.00. The van der Waals surface area contributed by atoms with Gasteiger partial charge in [-0.1, -0.05) is 23.8 Å². The van der Waals surface area contributed by atoms with Gasteiger partial charge in [0.25, 0.3) is 5.91 Å². The van der Waals surface area contributed by atoms with Gasteiger partial charge in [-0.3, -0.25) is 4.79 Å². The van der Waals surface area contributed by atoms with Gasteiger partial charge in [0, 0.05) is 11.8 Å². The molecule has 1 heterocycles. The van der Waals surface area contributed by atoms with E-state index in [0.29, 0.717) is 5.69 Å². The fraction of sp³-hybridized carbons (Fsp3) is 0.0625. The van der Waals surface area contributed by atoms with Crippen molar-refractivity contribution in [1.29, 1.82) is 0 Å². The normalized spacial score (nSPS) is 10.4. The summed E-state index contributed by atoms with van der Waals surface area (Å²) < 4.78 is 1.54. The quantitative estimate of drug-likeness (QED) is 0.778. The lowest BCUT2D eigenvalue weighted by Crippen LogP contribution is -2.14. The summed E-state index contributed by atoms with van der Waals surface area (Å²) in [6.07, 6.45) is 1.49. The van der Waals surface area contributed by atoms with Gasteiger partial charge in [-0.05, 0) is 31.2 Å². The van der Waals surface area contributed by atoms with Crippen molar-refractivity contribution in [2.24, 2.45) is 0 Å². The highest BCUT2D eigenvalue weighted by Crippen LogP contribution is 2.16. The number of nitrogens with zero attached hydrogens (tertiary/aromatic N) is 3. The van der Waals surface area contributed by atoms with Crippen molar-refractivity contribution in [1.82, 2.24) is 14.8 Å². The number of phenols is 1. The molecule has 110 valence electrons. The molecule has 1 aromatic heterocycles. The molecule has 1 amide bonds.